The lowest BCUT2D eigenvalue weighted by Gasteiger charge is -2.20. The van der Waals surface area contributed by atoms with Gasteiger partial charge in [-0.1, -0.05) is 0 Å². The molecule has 1 rings (SSSR count). The summed E-state index contributed by atoms with van der Waals surface area (Å²) in [6, 6.07) is -0.186. The number of carbonyl (C=O) groups is 1. The maximum absolute atomic E-state index is 12.0. The highest BCUT2D eigenvalue weighted by Crippen LogP contribution is 2.21. The van der Waals surface area contributed by atoms with E-state index in [-0.39, 0.29) is 18.0 Å². The Morgan fingerprint density at radius 1 is 1.38 bits per heavy atom. The van der Waals surface area contributed by atoms with Crippen molar-refractivity contribution in [3.8, 4) is 0 Å². The topological polar surface area (TPSA) is 68.2 Å². The number of hydrogen-bond donors (Lipinski definition) is 2. The van der Waals surface area contributed by atoms with Gasteiger partial charge in [0.25, 0.3) is 0 Å². The summed E-state index contributed by atoms with van der Waals surface area (Å²) in [5.74, 6) is -0.0166. The van der Waals surface area contributed by atoms with Gasteiger partial charge in [-0.3, -0.25) is 14.8 Å². The molecule has 0 aliphatic heterocycles. The van der Waals surface area contributed by atoms with Crippen molar-refractivity contribution in [2.75, 3.05) is 20.3 Å². The molecule has 2 atom stereocenters. The number of hydrogen-bond acceptors (Lipinski definition) is 4. The molecule has 2 unspecified atom stereocenters. The summed E-state index contributed by atoms with van der Waals surface area (Å²) in [4.78, 5) is 12.0. The molecule has 6 heteroatoms. The SMILES string of the molecule is CCn1nc(C)c(C(C)NC(C)C(=O)NCCOC)c1C. The predicted octanol–water partition coefficient (Wildman–Crippen LogP) is 1.32. The number of aryl methyl sites for hydroxylation is 2. The van der Waals surface area contributed by atoms with Crippen molar-refractivity contribution in [1.29, 1.82) is 0 Å². The van der Waals surface area contributed by atoms with Gasteiger partial charge in [-0.15, -0.1) is 0 Å². The van der Waals surface area contributed by atoms with E-state index in [0.29, 0.717) is 13.2 Å². The molecule has 1 heterocycles. The average Bonchev–Trinajstić information content (AvgIpc) is 2.73. The maximum Gasteiger partial charge on any atom is 0.236 e. The summed E-state index contributed by atoms with van der Waals surface area (Å²) >= 11 is 0. The van der Waals surface area contributed by atoms with E-state index in [9.17, 15) is 4.79 Å². The predicted molar refractivity (Wildman–Crippen MR) is 83.3 cm³/mol. The van der Waals surface area contributed by atoms with Crippen molar-refractivity contribution in [2.45, 2.75) is 53.2 Å². The van der Waals surface area contributed by atoms with E-state index in [1.54, 1.807) is 7.11 Å². The summed E-state index contributed by atoms with van der Waals surface area (Å²) in [7, 11) is 1.62. The number of amides is 1. The molecule has 0 saturated heterocycles. The van der Waals surface area contributed by atoms with Crippen LogP contribution in [0.15, 0.2) is 0 Å². The Kier molecular flexibility index (Phi) is 6.84. The molecule has 0 aliphatic carbocycles. The first kappa shape index (κ1) is 17.7. The van der Waals surface area contributed by atoms with E-state index in [4.69, 9.17) is 4.74 Å². The second kappa shape index (κ2) is 8.14. The van der Waals surface area contributed by atoms with Gasteiger partial charge >= 0.3 is 0 Å². The Bertz CT molecular complexity index is 470. The van der Waals surface area contributed by atoms with Crippen LogP contribution in [0.1, 0.15) is 43.8 Å². The van der Waals surface area contributed by atoms with Crippen molar-refractivity contribution in [1.82, 2.24) is 20.4 Å². The zero-order valence-electron chi connectivity index (χ0n) is 14.0. The highest BCUT2D eigenvalue weighted by Gasteiger charge is 2.21. The first-order valence-electron chi connectivity index (χ1n) is 7.48. The van der Waals surface area contributed by atoms with Gasteiger partial charge in [0.15, 0.2) is 0 Å². The van der Waals surface area contributed by atoms with Gasteiger partial charge < -0.3 is 10.1 Å². The fourth-order valence-electron chi connectivity index (χ4n) is 2.61. The highest BCUT2D eigenvalue weighted by molar-refractivity contribution is 5.81. The summed E-state index contributed by atoms with van der Waals surface area (Å²) < 4.78 is 6.92. The number of rotatable bonds is 8. The molecule has 6 nitrogen and oxygen atoms in total. The fourth-order valence-corrected chi connectivity index (χ4v) is 2.61. The van der Waals surface area contributed by atoms with Gasteiger partial charge in [-0.25, -0.2) is 0 Å². The molecule has 0 aliphatic rings. The average molecular weight is 296 g/mol. The molecule has 0 aromatic carbocycles. The quantitative estimate of drug-likeness (QED) is 0.710. The van der Waals surface area contributed by atoms with Crippen LogP contribution in [0.2, 0.25) is 0 Å². The molecular weight excluding hydrogens is 268 g/mol. The first-order valence-corrected chi connectivity index (χ1v) is 7.48. The third kappa shape index (κ3) is 4.54. The monoisotopic (exact) mass is 296 g/mol. The Hall–Kier alpha value is -1.40. The molecule has 0 radical (unpaired) electrons. The Balaban J connectivity index is 2.66. The van der Waals surface area contributed by atoms with E-state index < -0.39 is 0 Å². The fraction of sp³-hybridized carbons (Fsp3) is 0.733. The Labute approximate surface area is 127 Å². The summed E-state index contributed by atoms with van der Waals surface area (Å²) in [6.45, 7) is 12.0. The number of aromatic nitrogens is 2. The molecule has 1 aromatic heterocycles. The standard InChI is InChI=1S/C15H28N4O2/c1-7-19-13(5)14(11(3)18-19)10(2)17-12(4)15(20)16-8-9-21-6/h10,12,17H,7-9H2,1-6H3,(H,16,20). The third-order valence-corrected chi connectivity index (χ3v) is 3.67. The van der Waals surface area contributed by atoms with Crippen LogP contribution in [-0.4, -0.2) is 42.0 Å². The molecular formula is C15H28N4O2. The number of ether oxygens (including phenoxy) is 1. The molecule has 120 valence electrons. The van der Waals surface area contributed by atoms with Crippen LogP contribution in [0.3, 0.4) is 0 Å². The van der Waals surface area contributed by atoms with Crippen LogP contribution < -0.4 is 10.6 Å². The normalized spacial score (nSPS) is 14.0. The van der Waals surface area contributed by atoms with Crippen LogP contribution >= 0.6 is 0 Å². The summed E-state index contributed by atoms with van der Waals surface area (Å²) in [5, 5.41) is 10.7. The molecule has 0 bridgehead atoms. The van der Waals surface area contributed by atoms with Crippen LogP contribution in [0, 0.1) is 13.8 Å². The van der Waals surface area contributed by atoms with Gasteiger partial charge in [-0.05, 0) is 34.6 Å². The van der Waals surface area contributed by atoms with Crippen LogP contribution in [-0.2, 0) is 16.1 Å². The Morgan fingerprint density at radius 2 is 2.05 bits per heavy atom. The zero-order valence-corrected chi connectivity index (χ0v) is 14.0. The number of nitrogens with zero attached hydrogens (tertiary/aromatic N) is 2. The van der Waals surface area contributed by atoms with Crippen LogP contribution in [0.25, 0.3) is 0 Å². The van der Waals surface area contributed by atoms with Crippen molar-refractivity contribution in [3.63, 3.8) is 0 Å². The number of nitrogens with one attached hydrogen (secondary N) is 2. The van der Waals surface area contributed by atoms with E-state index in [2.05, 4.69) is 36.5 Å². The van der Waals surface area contributed by atoms with Crippen molar-refractivity contribution >= 4 is 5.91 Å². The number of methoxy groups -OCH3 is 1. The second-order valence-corrected chi connectivity index (χ2v) is 5.29. The lowest BCUT2D eigenvalue weighted by atomic mass is 10.1. The molecule has 2 N–H and O–H groups in total. The minimum atomic E-state index is -0.263. The molecule has 0 spiro atoms. The van der Waals surface area contributed by atoms with Gasteiger partial charge in [0, 0.05) is 37.5 Å². The van der Waals surface area contributed by atoms with Crippen molar-refractivity contribution < 1.29 is 9.53 Å². The summed E-state index contributed by atoms with van der Waals surface area (Å²) in [6.07, 6.45) is 0. The smallest absolute Gasteiger partial charge is 0.236 e. The van der Waals surface area contributed by atoms with Gasteiger partial charge in [-0.2, -0.15) is 5.10 Å². The lowest BCUT2D eigenvalue weighted by molar-refractivity contribution is -0.123. The zero-order chi connectivity index (χ0) is 16.0. The van der Waals surface area contributed by atoms with Gasteiger partial charge in [0.05, 0.1) is 18.3 Å². The van der Waals surface area contributed by atoms with E-state index in [1.165, 1.54) is 5.56 Å². The van der Waals surface area contributed by atoms with Gasteiger partial charge in [0.1, 0.15) is 0 Å². The van der Waals surface area contributed by atoms with E-state index >= 15 is 0 Å². The largest absolute Gasteiger partial charge is 0.383 e. The molecule has 1 amide bonds. The van der Waals surface area contributed by atoms with E-state index in [1.807, 2.05) is 18.5 Å². The maximum atomic E-state index is 12.0. The van der Waals surface area contributed by atoms with Crippen LogP contribution in [0.5, 0.6) is 0 Å². The second-order valence-electron chi connectivity index (χ2n) is 5.29. The van der Waals surface area contributed by atoms with Crippen LogP contribution in [0.4, 0.5) is 0 Å². The first-order chi connectivity index (χ1) is 9.92. The molecule has 0 fully saturated rings. The van der Waals surface area contributed by atoms with E-state index in [0.717, 1.165) is 17.9 Å². The van der Waals surface area contributed by atoms with Crippen molar-refractivity contribution in [3.05, 3.63) is 17.0 Å². The minimum Gasteiger partial charge on any atom is -0.383 e. The Morgan fingerprint density at radius 3 is 2.57 bits per heavy atom. The lowest BCUT2D eigenvalue weighted by Crippen LogP contribution is -2.44. The van der Waals surface area contributed by atoms with Gasteiger partial charge in [0.2, 0.25) is 5.91 Å². The molecule has 1 aromatic rings. The summed E-state index contributed by atoms with van der Waals surface area (Å²) in [5.41, 5.74) is 3.34. The molecule has 0 saturated carbocycles. The minimum absolute atomic E-state index is 0.0166. The third-order valence-electron chi connectivity index (χ3n) is 3.67. The van der Waals surface area contributed by atoms with Crippen molar-refractivity contribution in [2.24, 2.45) is 0 Å². The number of carbonyl (C=O) groups excluding carboxylic acids is 1. The highest BCUT2D eigenvalue weighted by atomic mass is 16.5. The molecule has 21 heavy (non-hydrogen) atoms.